The number of nitrogens with one attached hydrogen (secondary N) is 1. The van der Waals surface area contributed by atoms with Crippen molar-refractivity contribution in [2.45, 2.75) is 19.9 Å². The van der Waals surface area contributed by atoms with Crippen LogP contribution in [-0.2, 0) is 20.9 Å². The Labute approximate surface area is 224 Å². The van der Waals surface area contributed by atoms with Gasteiger partial charge in [-0.3, -0.25) is 15.0 Å². The van der Waals surface area contributed by atoms with Crippen LogP contribution >= 0.6 is 11.8 Å². The van der Waals surface area contributed by atoms with Crippen LogP contribution in [0, 0.1) is 12.3 Å². The summed E-state index contributed by atoms with van der Waals surface area (Å²) in [7, 11) is 0. The SMILES string of the molecule is Cc1cccc(Cn2cc(C=C3C(=N)N4N=C(CC(=O)N5CCOCC5)SC4=NC3=O)c3ccccc32)c1. The van der Waals surface area contributed by atoms with E-state index in [2.05, 4.69) is 45.9 Å². The zero-order valence-corrected chi connectivity index (χ0v) is 21.7. The van der Waals surface area contributed by atoms with Gasteiger partial charge in [-0.25, -0.2) is 0 Å². The molecule has 1 N–H and O–H groups in total. The molecule has 1 saturated heterocycles. The number of carbonyl (C=O) groups excluding carboxylic acids is 2. The first-order chi connectivity index (χ1) is 18.5. The van der Waals surface area contributed by atoms with E-state index in [1.165, 1.54) is 27.9 Å². The second kappa shape index (κ2) is 10.0. The minimum Gasteiger partial charge on any atom is -0.378 e. The van der Waals surface area contributed by atoms with Gasteiger partial charge in [0, 0.05) is 42.3 Å². The summed E-state index contributed by atoms with van der Waals surface area (Å²) in [6.07, 6.45) is 3.83. The summed E-state index contributed by atoms with van der Waals surface area (Å²) in [6.45, 7) is 4.93. The van der Waals surface area contributed by atoms with E-state index < -0.39 is 5.91 Å². The van der Waals surface area contributed by atoms with E-state index in [4.69, 9.17) is 10.1 Å². The van der Waals surface area contributed by atoms with Gasteiger partial charge in [0.1, 0.15) is 5.04 Å². The van der Waals surface area contributed by atoms with Gasteiger partial charge in [0.15, 0.2) is 5.84 Å². The summed E-state index contributed by atoms with van der Waals surface area (Å²) in [4.78, 5) is 31.6. The van der Waals surface area contributed by atoms with Crippen LogP contribution in [0.15, 0.2) is 70.4 Å². The summed E-state index contributed by atoms with van der Waals surface area (Å²) < 4.78 is 7.47. The second-order valence-corrected chi connectivity index (χ2v) is 10.4. The summed E-state index contributed by atoms with van der Waals surface area (Å²) in [6, 6.07) is 16.4. The second-order valence-electron chi connectivity index (χ2n) is 9.40. The van der Waals surface area contributed by atoms with E-state index in [1.807, 2.05) is 30.5 Å². The maximum absolute atomic E-state index is 13.0. The number of nitrogens with zero attached hydrogens (tertiary/aromatic N) is 5. The number of amidine groups is 2. The fourth-order valence-corrected chi connectivity index (χ4v) is 5.72. The van der Waals surface area contributed by atoms with Gasteiger partial charge in [-0.1, -0.05) is 48.0 Å². The molecule has 38 heavy (non-hydrogen) atoms. The van der Waals surface area contributed by atoms with Crippen molar-refractivity contribution in [2.75, 3.05) is 26.3 Å². The fourth-order valence-electron chi connectivity index (χ4n) is 4.84. The minimum absolute atomic E-state index is 0.0446. The number of hydrazone groups is 1. The number of benzene rings is 2. The maximum atomic E-state index is 13.0. The Morgan fingerprint density at radius 3 is 2.79 bits per heavy atom. The lowest BCUT2D eigenvalue weighted by Crippen LogP contribution is -2.41. The minimum atomic E-state index is -0.486. The van der Waals surface area contributed by atoms with E-state index in [-0.39, 0.29) is 23.7 Å². The predicted octanol–water partition coefficient (Wildman–Crippen LogP) is 3.87. The zero-order chi connectivity index (χ0) is 26.2. The van der Waals surface area contributed by atoms with Gasteiger partial charge >= 0.3 is 0 Å². The molecule has 4 heterocycles. The molecule has 0 unspecified atom stereocenters. The first-order valence-corrected chi connectivity index (χ1v) is 13.3. The molecular weight excluding hydrogens is 500 g/mol. The van der Waals surface area contributed by atoms with Crippen molar-refractivity contribution < 1.29 is 14.3 Å². The topological polar surface area (TPSA) is 103 Å². The highest BCUT2D eigenvalue weighted by molar-refractivity contribution is 8.27. The molecule has 3 aromatic rings. The van der Waals surface area contributed by atoms with E-state index in [0.29, 0.717) is 43.1 Å². The standard InChI is InChI=1S/C28H26N6O3S/c1-18-5-4-6-19(13-18)16-33-17-20(21-7-2-3-8-23(21)33)14-22-26(29)34-28(30-27(22)36)38-24(31-34)15-25(35)32-9-11-37-12-10-32/h2-8,13-14,17,29H,9-12,15-16H2,1H3. The molecule has 1 fully saturated rings. The third kappa shape index (κ3) is 4.68. The van der Waals surface area contributed by atoms with Gasteiger partial charge in [0.2, 0.25) is 11.1 Å². The van der Waals surface area contributed by atoms with Crippen LogP contribution in [0.1, 0.15) is 23.1 Å². The molecule has 0 spiro atoms. The normalized spacial score (nSPS) is 18.7. The average Bonchev–Trinajstić information content (AvgIpc) is 3.48. The van der Waals surface area contributed by atoms with Gasteiger partial charge in [-0.05, 0) is 36.4 Å². The van der Waals surface area contributed by atoms with Crippen molar-refractivity contribution in [2.24, 2.45) is 10.1 Å². The molecule has 3 aliphatic heterocycles. The molecule has 3 aliphatic rings. The largest absolute Gasteiger partial charge is 0.378 e. The highest BCUT2D eigenvalue weighted by Gasteiger charge is 2.36. The zero-order valence-electron chi connectivity index (χ0n) is 20.9. The number of hydrogen-bond acceptors (Lipinski definition) is 6. The van der Waals surface area contributed by atoms with E-state index in [9.17, 15) is 9.59 Å². The highest BCUT2D eigenvalue weighted by atomic mass is 32.2. The molecule has 0 bridgehead atoms. The molecular formula is C28H26N6O3S. The van der Waals surface area contributed by atoms with Crippen molar-refractivity contribution in [1.29, 1.82) is 5.41 Å². The number of aryl methyl sites for hydroxylation is 1. The monoisotopic (exact) mass is 526 g/mol. The van der Waals surface area contributed by atoms with E-state index >= 15 is 0 Å². The van der Waals surface area contributed by atoms with Crippen LogP contribution in [0.25, 0.3) is 17.0 Å². The van der Waals surface area contributed by atoms with Gasteiger partial charge in [-0.2, -0.15) is 15.1 Å². The summed E-state index contributed by atoms with van der Waals surface area (Å²) >= 11 is 1.17. The summed E-state index contributed by atoms with van der Waals surface area (Å²) in [5.41, 5.74) is 4.42. The predicted molar refractivity (Wildman–Crippen MR) is 149 cm³/mol. The number of aliphatic imine (C=N–C) groups is 1. The Kier molecular flexibility index (Phi) is 6.42. The van der Waals surface area contributed by atoms with Gasteiger partial charge < -0.3 is 14.2 Å². The number of morpholine rings is 1. The molecule has 2 amide bonds. The lowest BCUT2D eigenvalue weighted by Gasteiger charge is -2.26. The van der Waals surface area contributed by atoms with E-state index in [1.54, 1.807) is 11.0 Å². The average molecular weight is 527 g/mol. The molecule has 0 aliphatic carbocycles. The van der Waals surface area contributed by atoms with Gasteiger partial charge in [-0.15, -0.1) is 0 Å². The molecule has 192 valence electrons. The molecule has 0 atom stereocenters. The Morgan fingerprint density at radius 1 is 1.16 bits per heavy atom. The fraction of sp³-hybridized carbons (Fsp3) is 0.250. The van der Waals surface area contributed by atoms with Crippen molar-refractivity contribution in [3.05, 3.63) is 77.0 Å². The van der Waals surface area contributed by atoms with Crippen LogP contribution in [0.3, 0.4) is 0 Å². The Balaban J connectivity index is 1.28. The van der Waals surface area contributed by atoms with Crippen LogP contribution < -0.4 is 0 Å². The Hall–Kier alpha value is -4.02. The van der Waals surface area contributed by atoms with E-state index in [0.717, 1.165) is 16.5 Å². The summed E-state index contributed by atoms with van der Waals surface area (Å²) in [5, 5.41) is 16.4. The Bertz CT molecular complexity index is 1560. The summed E-state index contributed by atoms with van der Waals surface area (Å²) in [5.74, 6) is -0.577. The number of carbonyl (C=O) groups is 2. The first-order valence-electron chi connectivity index (χ1n) is 12.4. The molecule has 2 aromatic carbocycles. The molecule has 6 rings (SSSR count). The van der Waals surface area contributed by atoms with Crippen molar-refractivity contribution in [3.63, 3.8) is 0 Å². The smallest absolute Gasteiger partial charge is 0.283 e. The number of thioether (sulfide) groups is 1. The van der Waals surface area contributed by atoms with Crippen molar-refractivity contribution >= 4 is 56.6 Å². The quantitative estimate of drug-likeness (QED) is 0.509. The number of ether oxygens (including phenoxy) is 1. The van der Waals surface area contributed by atoms with Crippen LogP contribution in [0.5, 0.6) is 0 Å². The molecule has 0 radical (unpaired) electrons. The first kappa shape index (κ1) is 24.3. The van der Waals surface area contributed by atoms with Crippen molar-refractivity contribution in [1.82, 2.24) is 14.5 Å². The highest BCUT2D eigenvalue weighted by Crippen LogP contribution is 2.31. The molecule has 10 heteroatoms. The van der Waals surface area contributed by atoms with Gasteiger partial charge in [0.05, 0.1) is 25.2 Å². The third-order valence-corrected chi connectivity index (χ3v) is 7.63. The maximum Gasteiger partial charge on any atom is 0.283 e. The molecule has 1 aromatic heterocycles. The number of amides is 2. The number of rotatable bonds is 5. The Morgan fingerprint density at radius 2 is 1.97 bits per heavy atom. The lowest BCUT2D eigenvalue weighted by atomic mass is 10.1. The number of fused-ring (bicyclic) bond motifs is 2. The van der Waals surface area contributed by atoms with Crippen LogP contribution in [0.4, 0.5) is 0 Å². The number of aromatic nitrogens is 1. The number of para-hydroxylation sites is 1. The number of hydrogen-bond donors (Lipinski definition) is 1. The van der Waals surface area contributed by atoms with Gasteiger partial charge in [0.25, 0.3) is 5.91 Å². The van der Waals surface area contributed by atoms with Crippen molar-refractivity contribution in [3.8, 4) is 0 Å². The molecule has 0 saturated carbocycles. The molecule has 9 nitrogen and oxygen atoms in total. The van der Waals surface area contributed by atoms with Crippen LogP contribution in [0.2, 0.25) is 0 Å². The van der Waals surface area contributed by atoms with Crippen LogP contribution in [-0.4, -0.2) is 68.6 Å². The third-order valence-electron chi connectivity index (χ3n) is 6.72. The lowest BCUT2D eigenvalue weighted by molar-refractivity contribution is -0.133.